The Bertz CT molecular complexity index is 346. The number of rotatable bonds is 20. The van der Waals surface area contributed by atoms with Crippen molar-refractivity contribution in [1.29, 1.82) is 0 Å². The summed E-state index contributed by atoms with van der Waals surface area (Å²) in [6.07, 6.45) is 1.22. The van der Waals surface area contributed by atoms with Gasteiger partial charge in [0.25, 0.3) is 0 Å². The normalized spacial score (nSPS) is 13.1. The molecule has 10 N–H and O–H groups in total. The molecule has 34 heavy (non-hydrogen) atoms. The molecule has 0 radical (unpaired) electrons. The summed E-state index contributed by atoms with van der Waals surface area (Å²) in [5.74, 6) is 0. The van der Waals surface area contributed by atoms with E-state index >= 15 is 0 Å². The minimum Gasteiger partial charge on any atom is -0.396 e. The monoisotopic (exact) mass is 504 g/mol. The van der Waals surface area contributed by atoms with Crippen molar-refractivity contribution in [1.82, 2.24) is 0 Å². The highest BCUT2D eigenvalue weighted by Gasteiger charge is 2.33. The molecule has 0 heterocycles. The Kier molecular flexibility index (Phi) is 19.7. The molecule has 208 valence electrons. The van der Waals surface area contributed by atoms with Crippen molar-refractivity contribution < 1.29 is 60.5 Å². The number of hydrogen-bond donors (Lipinski definition) is 10. The van der Waals surface area contributed by atoms with Gasteiger partial charge in [-0.05, 0) is 12.8 Å². The van der Waals surface area contributed by atoms with E-state index in [1.54, 1.807) is 0 Å². The van der Waals surface area contributed by atoms with Crippen molar-refractivity contribution in [2.75, 3.05) is 92.5 Å². The van der Waals surface area contributed by atoms with Crippen molar-refractivity contribution in [3.05, 3.63) is 0 Å². The third kappa shape index (κ3) is 11.1. The SMILES string of the molecule is CCC(CO)(CO)COCC(CC)(CO)CO.OCC(CO)(CO)COCC(CO)(CO)CO. The van der Waals surface area contributed by atoms with Crippen LogP contribution in [0, 0.1) is 21.7 Å². The number of ether oxygens (including phenoxy) is 2. The maximum Gasteiger partial charge on any atom is 0.0629 e. The minimum absolute atomic E-state index is 0.141. The van der Waals surface area contributed by atoms with E-state index < -0.39 is 61.3 Å². The van der Waals surface area contributed by atoms with Gasteiger partial charge in [-0.25, -0.2) is 0 Å². The van der Waals surface area contributed by atoms with Gasteiger partial charge in [0.15, 0.2) is 0 Å². The molecule has 0 rings (SSSR count). The molecule has 0 aromatic carbocycles. The molecule has 0 aromatic rings. The summed E-state index contributed by atoms with van der Waals surface area (Å²) in [4.78, 5) is 0. The predicted molar refractivity (Wildman–Crippen MR) is 123 cm³/mol. The molecular weight excluding hydrogens is 456 g/mol. The van der Waals surface area contributed by atoms with Crippen molar-refractivity contribution in [3.8, 4) is 0 Å². The number of aliphatic hydroxyl groups is 10. The Hall–Kier alpha value is -0.480. The first-order valence-corrected chi connectivity index (χ1v) is 11.4. The molecule has 0 aliphatic heterocycles. The zero-order valence-corrected chi connectivity index (χ0v) is 20.6. The van der Waals surface area contributed by atoms with Gasteiger partial charge < -0.3 is 60.5 Å². The first-order chi connectivity index (χ1) is 16.1. The summed E-state index contributed by atoms with van der Waals surface area (Å²) in [6, 6.07) is 0. The van der Waals surface area contributed by atoms with Crippen LogP contribution < -0.4 is 0 Å². The van der Waals surface area contributed by atoms with Crippen molar-refractivity contribution in [3.63, 3.8) is 0 Å². The second-order valence-corrected chi connectivity index (χ2v) is 9.27. The van der Waals surface area contributed by atoms with Crippen LogP contribution in [0.4, 0.5) is 0 Å². The lowest BCUT2D eigenvalue weighted by Crippen LogP contribution is -2.43. The highest BCUT2D eigenvalue weighted by atomic mass is 16.5. The Morgan fingerprint density at radius 1 is 0.353 bits per heavy atom. The summed E-state index contributed by atoms with van der Waals surface area (Å²) in [5.41, 5.74) is -3.59. The van der Waals surface area contributed by atoms with E-state index in [0.717, 1.165) is 0 Å². The first kappa shape index (κ1) is 35.7. The third-order valence-electron chi connectivity index (χ3n) is 6.49. The lowest BCUT2D eigenvalue weighted by atomic mass is 9.86. The lowest BCUT2D eigenvalue weighted by Gasteiger charge is -2.32. The molecule has 0 amide bonds. The van der Waals surface area contributed by atoms with Crippen LogP contribution in [0.5, 0.6) is 0 Å². The molecule has 0 spiro atoms. The summed E-state index contributed by atoms with van der Waals surface area (Å²) in [5, 5.41) is 91.1. The fraction of sp³-hybridized carbons (Fsp3) is 1.00. The zero-order chi connectivity index (χ0) is 26.7. The van der Waals surface area contributed by atoms with Gasteiger partial charge in [-0.3, -0.25) is 0 Å². The molecule has 0 fully saturated rings. The second-order valence-electron chi connectivity index (χ2n) is 9.27. The third-order valence-corrected chi connectivity index (χ3v) is 6.49. The zero-order valence-electron chi connectivity index (χ0n) is 20.6. The van der Waals surface area contributed by atoms with Gasteiger partial charge in [0.2, 0.25) is 0 Å². The van der Waals surface area contributed by atoms with Crippen molar-refractivity contribution in [2.45, 2.75) is 26.7 Å². The van der Waals surface area contributed by atoms with Crippen LogP contribution in [-0.2, 0) is 9.47 Å². The molecule has 12 nitrogen and oxygen atoms in total. The van der Waals surface area contributed by atoms with Gasteiger partial charge in [-0.1, -0.05) is 13.8 Å². The molecule has 0 saturated heterocycles. The minimum atomic E-state index is -1.16. The molecule has 0 unspecified atom stereocenters. The summed E-state index contributed by atoms with van der Waals surface area (Å²) >= 11 is 0. The molecule has 0 aliphatic carbocycles. The maximum atomic E-state index is 9.24. The highest BCUT2D eigenvalue weighted by Crippen LogP contribution is 2.25. The number of hydrogen-bond acceptors (Lipinski definition) is 12. The maximum absolute atomic E-state index is 9.24. The van der Waals surface area contributed by atoms with Crippen molar-refractivity contribution >= 4 is 0 Å². The van der Waals surface area contributed by atoms with Crippen LogP contribution in [0.15, 0.2) is 0 Å². The van der Waals surface area contributed by atoms with E-state index in [1.807, 2.05) is 13.8 Å². The van der Waals surface area contributed by atoms with Gasteiger partial charge in [0.05, 0.1) is 103 Å². The summed E-state index contributed by atoms with van der Waals surface area (Å²) < 4.78 is 10.6. The fourth-order valence-electron chi connectivity index (χ4n) is 2.48. The van der Waals surface area contributed by atoms with Crippen molar-refractivity contribution in [2.24, 2.45) is 21.7 Å². The molecule has 0 aliphatic rings. The van der Waals surface area contributed by atoms with E-state index in [2.05, 4.69) is 0 Å². The molecule has 12 heteroatoms. The van der Waals surface area contributed by atoms with E-state index in [0.29, 0.717) is 12.8 Å². The van der Waals surface area contributed by atoms with Gasteiger partial charge >= 0.3 is 0 Å². The van der Waals surface area contributed by atoms with Crippen LogP contribution in [0.2, 0.25) is 0 Å². The Morgan fingerprint density at radius 2 is 0.529 bits per heavy atom. The van der Waals surface area contributed by atoms with Crippen LogP contribution in [0.1, 0.15) is 26.7 Å². The highest BCUT2D eigenvalue weighted by molar-refractivity contribution is 4.81. The van der Waals surface area contributed by atoms with E-state index in [1.165, 1.54) is 0 Å². The molecule has 0 saturated carbocycles. The van der Waals surface area contributed by atoms with Gasteiger partial charge in [0, 0.05) is 10.8 Å². The molecule has 0 bridgehead atoms. The lowest BCUT2D eigenvalue weighted by molar-refractivity contribution is -0.103. The Morgan fingerprint density at radius 3 is 0.676 bits per heavy atom. The standard InChI is InChI=1S/C12H26O5.C10H22O7/c1-3-11(5-13,6-14)9-17-10-12(4-2,7-15)8-16;11-1-9(2-12,3-13)7-17-8-10(4-14,5-15)6-16/h13-16H,3-10H2,1-2H3;11-16H,1-8H2. The molecular formula is C22H48O12. The quantitative estimate of drug-likeness (QED) is 0.0787. The second kappa shape index (κ2) is 18.7. The largest absolute Gasteiger partial charge is 0.396 e. The van der Waals surface area contributed by atoms with Crippen LogP contribution >= 0.6 is 0 Å². The van der Waals surface area contributed by atoms with Gasteiger partial charge in [-0.15, -0.1) is 0 Å². The van der Waals surface area contributed by atoms with E-state index in [9.17, 15) is 20.4 Å². The first-order valence-electron chi connectivity index (χ1n) is 11.4. The topological polar surface area (TPSA) is 221 Å². The predicted octanol–water partition coefficient (Wildman–Crippen LogP) is -3.31. The summed E-state index contributed by atoms with van der Waals surface area (Å²) in [6.45, 7) is 0.622. The molecule has 0 atom stereocenters. The van der Waals surface area contributed by atoms with Gasteiger partial charge in [-0.2, -0.15) is 0 Å². The Labute approximate surface area is 202 Å². The van der Waals surface area contributed by atoms with E-state index in [-0.39, 0.29) is 52.9 Å². The average molecular weight is 505 g/mol. The smallest absolute Gasteiger partial charge is 0.0629 e. The van der Waals surface area contributed by atoms with Crippen LogP contribution in [0.25, 0.3) is 0 Å². The van der Waals surface area contributed by atoms with Gasteiger partial charge in [0.1, 0.15) is 0 Å². The Balaban J connectivity index is 0. The van der Waals surface area contributed by atoms with Crippen LogP contribution in [-0.4, -0.2) is 144 Å². The average Bonchev–Trinajstić information content (AvgIpc) is 2.91. The molecule has 0 aromatic heterocycles. The van der Waals surface area contributed by atoms with E-state index in [4.69, 9.17) is 40.1 Å². The number of aliphatic hydroxyl groups excluding tert-OH is 10. The fourth-order valence-corrected chi connectivity index (χ4v) is 2.48. The van der Waals surface area contributed by atoms with Crippen LogP contribution in [0.3, 0.4) is 0 Å². The summed E-state index contributed by atoms with van der Waals surface area (Å²) in [7, 11) is 0.